The topological polar surface area (TPSA) is 141 Å². The van der Waals surface area contributed by atoms with Gasteiger partial charge in [0.05, 0.1) is 17.3 Å². The van der Waals surface area contributed by atoms with Crippen molar-refractivity contribution in [2.45, 2.75) is 17.9 Å². The van der Waals surface area contributed by atoms with Gasteiger partial charge in [0.2, 0.25) is 5.91 Å². The largest absolute Gasteiger partial charge is 0.493 e. The van der Waals surface area contributed by atoms with Crippen molar-refractivity contribution in [1.29, 1.82) is 5.26 Å². The van der Waals surface area contributed by atoms with E-state index in [1.807, 2.05) is 6.07 Å². The summed E-state index contributed by atoms with van der Waals surface area (Å²) >= 11 is 0. The van der Waals surface area contributed by atoms with E-state index in [2.05, 4.69) is 16.0 Å². The Bertz CT molecular complexity index is 1130. The van der Waals surface area contributed by atoms with Crippen LogP contribution in [0.15, 0.2) is 46.7 Å². The molecule has 0 spiro atoms. The summed E-state index contributed by atoms with van der Waals surface area (Å²) in [7, 11) is -4.18. The molecule has 4 rings (SSSR count). The maximum atomic E-state index is 12.9. The number of urea groups is 1. The highest BCUT2D eigenvalue weighted by atomic mass is 32.2. The highest BCUT2D eigenvalue weighted by Gasteiger charge is 2.41. The monoisotopic (exact) mass is 418 g/mol. The number of carbonyl (C=O) groups excluding carboxylic acids is 2. The second kappa shape index (κ2) is 6.82. The van der Waals surface area contributed by atoms with E-state index in [9.17, 15) is 18.0 Å². The van der Waals surface area contributed by atoms with E-state index in [1.54, 1.807) is 25.1 Å². The van der Waals surface area contributed by atoms with Gasteiger partial charge < -0.3 is 20.7 Å². The second-order valence-corrected chi connectivity index (χ2v) is 8.40. The zero-order valence-corrected chi connectivity index (χ0v) is 16.0. The summed E-state index contributed by atoms with van der Waals surface area (Å²) in [5, 5.41) is 17.0. The van der Waals surface area contributed by atoms with Gasteiger partial charge in [-0.2, -0.15) is 5.26 Å². The molecule has 3 heterocycles. The molecular formula is C18H20N5O5S. The Morgan fingerprint density at radius 2 is 2.28 bits per heavy atom. The number of hydrogen-bond acceptors (Lipinski definition) is 7. The van der Waals surface area contributed by atoms with Crippen molar-refractivity contribution >= 4 is 27.6 Å². The molecule has 0 aliphatic carbocycles. The van der Waals surface area contributed by atoms with E-state index in [4.69, 9.17) is 10.00 Å². The van der Waals surface area contributed by atoms with Crippen LogP contribution >= 0.6 is 0 Å². The van der Waals surface area contributed by atoms with E-state index in [0.29, 0.717) is 27.2 Å². The van der Waals surface area contributed by atoms with Crippen LogP contribution in [0.25, 0.3) is 0 Å². The van der Waals surface area contributed by atoms with Crippen LogP contribution < -0.4 is 16.0 Å². The molecule has 3 N–H and O–H groups in total. The van der Waals surface area contributed by atoms with Crippen molar-refractivity contribution in [1.82, 2.24) is 14.9 Å². The SMILES string of the molecule is Cc1cccc2c1S(=O)(=O)N(CC(=O)N[C@H]1COC3=CC(C#N)=CN[C]31)C(=O)N2.[HH].[HH]. The number of amides is 3. The van der Waals surface area contributed by atoms with Crippen molar-refractivity contribution in [2.24, 2.45) is 0 Å². The average molecular weight is 418 g/mol. The van der Waals surface area contributed by atoms with Crippen molar-refractivity contribution < 1.29 is 25.6 Å². The number of aryl methyl sites for hydroxylation is 1. The quantitative estimate of drug-likeness (QED) is 0.664. The maximum Gasteiger partial charge on any atom is 0.336 e. The lowest BCUT2D eigenvalue weighted by atomic mass is 10.1. The first-order valence-electron chi connectivity index (χ1n) is 8.62. The lowest BCUT2D eigenvalue weighted by Crippen LogP contribution is -2.51. The van der Waals surface area contributed by atoms with Crippen molar-refractivity contribution in [3.05, 3.63) is 53.4 Å². The summed E-state index contributed by atoms with van der Waals surface area (Å²) in [4.78, 5) is 24.8. The molecule has 3 amide bonds. The molecule has 11 heteroatoms. The van der Waals surface area contributed by atoms with Gasteiger partial charge in [0.15, 0.2) is 6.04 Å². The number of rotatable bonds is 3. The van der Waals surface area contributed by atoms with Crippen LogP contribution in [-0.2, 0) is 19.6 Å². The van der Waals surface area contributed by atoms with Gasteiger partial charge in [-0.1, -0.05) is 12.1 Å². The van der Waals surface area contributed by atoms with Crippen LogP contribution in [0.1, 0.15) is 8.42 Å². The van der Waals surface area contributed by atoms with Gasteiger partial charge in [0, 0.05) is 9.05 Å². The number of hydrogen-bond donors (Lipinski definition) is 3. The number of nitrogens with zero attached hydrogens (tertiary/aromatic N) is 2. The molecule has 3 aliphatic heterocycles. The van der Waals surface area contributed by atoms with Crippen LogP contribution in [0, 0.1) is 24.3 Å². The third-order valence-corrected chi connectivity index (χ3v) is 6.60. The van der Waals surface area contributed by atoms with Gasteiger partial charge in [-0.3, -0.25) is 4.79 Å². The molecule has 153 valence electrons. The second-order valence-electron chi connectivity index (χ2n) is 6.60. The average Bonchev–Trinajstić information content (AvgIpc) is 3.06. The molecule has 1 aromatic carbocycles. The maximum absolute atomic E-state index is 12.9. The zero-order chi connectivity index (χ0) is 20.8. The minimum absolute atomic E-state index is 0. The van der Waals surface area contributed by atoms with E-state index in [-0.39, 0.29) is 20.0 Å². The minimum atomic E-state index is -4.18. The predicted octanol–water partition coefficient (Wildman–Crippen LogP) is 0.965. The molecule has 10 nitrogen and oxygen atoms in total. The molecule has 1 fully saturated rings. The molecule has 1 aromatic rings. The van der Waals surface area contributed by atoms with Gasteiger partial charge in [0.1, 0.15) is 29.9 Å². The van der Waals surface area contributed by atoms with E-state index >= 15 is 0 Å². The number of carbonyl (C=O) groups is 2. The van der Waals surface area contributed by atoms with Crippen LogP contribution in [0.4, 0.5) is 10.5 Å². The van der Waals surface area contributed by atoms with Gasteiger partial charge in [-0.25, -0.2) is 17.5 Å². The Morgan fingerprint density at radius 3 is 3.03 bits per heavy atom. The first kappa shape index (κ1) is 18.8. The molecule has 29 heavy (non-hydrogen) atoms. The lowest BCUT2D eigenvalue weighted by molar-refractivity contribution is -0.121. The number of dihydropyridines is 1. The fraction of sp³-hybridized carbons (Fsp3) is 0.222. The Labute approximate surface area is 169 Å². The number of fused-ring (bicyclic) bond motifs is 2. The number of nitrogens with one attached hydrogen (secondary N) is 3. The highest BCUT2D eigenvalue weighted by molar-refractivity contribution is 7.90. The number of allylic oxidation sites excluding steroid dienone is 2. The summed E-state index contributed by atoms with van der Waals surface area (Å²) in [5.41, 5.74) is 1.03. The van der Waals surface area contributed by atoms with Crippen LogP contribution in [-0.4, -0.2) is 43.9 Å². The zero-order valence-electron chi connectivity index (χ0n) is 15.2. The Balaban J connectivity index is 0.00000171. The Kier molecular flexibility index (Phi) is 4.43. The molecule has 0 aromatic heterocycles. The lowest BCUT2D eigenvalue weighted by Gasteiger charge is -2.29. The summed E-state index contributed by atoms with van der Waals surface area (Å²) in [5.74, 6) is -0.234. The molecule has 1 atom stereocenters. The highest BCUT2D eigenvalue weighted by Crippen LogP contribution is 2.33. The van der Waals surface area contributed by atoms with E-state index in [0.717, 1.165) is 0 Å². The number of benzene rings is 1. The normalized spacial score (nSPS) is 22.0. The Hall–Kier alpha value is -3.52. The van der Waals surface area contributed by atoms with Crippen LogP contribution in [0.3, 0.4) is 0 Å². The smallest absolute Gasteiger partial charge is 0.336 e. The summed E-state index contributed by atoms with van der Waals surface area (Å²) in [6.07, 6.45) is 3.02. The fourth-order valence-electron chi connectivity index (χ4n) is 3.33. The van der Waals surface area contributed by atoms with Gasteiger partial charge >= 0.3 is 6.03 Å². The molecule has 0 unspecified atom stereocenters. The summed E-state index contributed by atoms with van der Waals surface area (Å²) < 4.78 is 31.8. The van der Waals surface area contributed by atoms with Crippen molar-refractivity contribution in [2.75, 3.05) is 18.5 Å². The summed E-state index contributed by atoms with van der Waals surface area (Å²) in [6.45, 7) is 1.06. The molecule has 1 radical (unpaired) electrons. The van der Waals surface area contributed by atoms with Crippen LogP contribution in [0.2, 0.25) is 0 Å². The number of anilines is 1. The standard InChI is InChI=1S/C18H16N5O5S.2H2/c1-10-3-2-4-12-17(10)29(26,27)23(18(25)22-12)8-15(24)21-13-9-28-14-5-11(6-19)7-20-16(13)14;;/h2-5,7,13,20H,8-9H2,1H3,(H,21,24)(H,22,25);2*1H/t13-;;/m0../s1. The number of nitriles is 1. The molecule has 1 saturated heterocycles. The fourth-order valence-corrected chi connectivity index (χ4v) is 4.97. The number of ether oxygens (including phenoxy) is 1. The third-order valence-electron chi connectivity index (χ3n) is 4.67. The first-order valence-corrected chi connectivity index (χ1v) is 10.1. The molecular weight excluding hydrogens is 398 g/mol. The van der Waals surface area contributed by atoms with E-state index < -0.39 is 34.5 Å². The van der Waals surface area contributed by atoms with Gasteiger partial charge in [-0.15, -0.1) is 0 Å². The van der Waals surface area contributed by atoms with Crippen molar-refractivity contribution in [3.8, 4) is 6.07 Å². The first-order chi connectivity index (χ1) is 13.8. The molecule has 0 bridgehead atoms. The van der Waals surface area contributed by atoms with Gasteiger partial charge in [-0.05, 0) is 24.6 Å². The molecule has 3 aliphatic rings. The minimum Gasteiger partial charge on any atom is -0.493 e. The molecule has 0 saturated carbocycles. The third kappa shape index (κ3) is 3.17. The summed E-state index contributed by atoms with van der Waals surface area (Å²) in [6, 6.07) is 5.82. The van der Waals surface area contributed by atoms with Gasteiger partial charge in [0.25, 0.3) is 10.0 Å². The van der Waals surface area contributed by atoms with Crippen LogP contribution in [0.5, 0.6) is 0 Å². The van der Waals surface area contributed by atoms with Crippen molar-refractivity contribution in [3.63, 3.8) is 0 Å². The number of sulfonamides is 1. The Morgan fingerprint density at radius 1 is 1.48 bits per heavy atom. The van der Waals surface area contributed by atoms with E-state index in [1.165, 1.54) is 12.3 Å². The predicted molar refractivity (Wildman–Crippen MR) is 104 cm³/mol.